The zero-order valence-corrected chi connectivity index (χ0v) is 6.60. The van der Waals surface area contributed by atoms with Crippen LogP contribution < -0.4 is 5.48 Å². The Kier molecular flexibility index (Phi) is 1.68. The first-order valence-corrected chi connectivity index (χ1v) is 3.43. The minimum Gasteiger partial charge on any atom is -0.273 e. The molecule has 1 aliphatic rings. The molecule has 1 N–H and O–H groups in total. The van der Waals surface area contributed by atoms with Crippen LogP contribution in [-0.4, -0.2) is 12.5 Å². The van der Waals surface area contributed by atoms with Crippen LogP contribution in [-0.2, 0) is 9.63 Å². The van der Waals surface area contributed by atoms with Gasteiger partial charge in [0.1, 0.15) is 0 Å². The lowest BCUT2D eigenvalue weighted by molar-refractivity contribution is -0.127. The first-order valence-electron chi connectivity index (χ1n) is 3.43. The first kappa shape index (κ1) is 7.54. The number of carbonyl (C=O) groups is 1. The van der Waals surface area contributed by atoms with E-state index in [2.05, 4.69) is 5.48 Å². The van der Waals surface area contributed by atoms with Crippen LogP contribution in [0.5, 0.6) is 0 Å². The Morgan fingerprint density at radius 3 is 2.40 bits per heavy atom. The second-order valence-electron chi connectivity index (χ2n) is 3.70. The van der Waals surface area contributed by atoms with Crippen LogP contribution in [0.15, 0.2) is 0 Å². The van der Waals surface area contributed by atoms with Gasteiger partial charge in [-0.25, -0.2) is 5.48 Å². The molecule has 1 atom stereocenters. The van der Waals surface area contributed by atoms with E-state index in [-0.39, 0.29) is 17.2 Å². The molecule has 3 heteroatoms. The number of rotatable bonds is 0. The highest BCUT2D eigenvalue weighted by Gasteiger charge is 2.35. The maximum Gasteiger partial charge on any atom is 0.249 e. The Hall–Kier alpha value is -0.570. The maximum atomic E-state index is 11.0. The van der Waals surface area contributed by atoms with Crippen molar-refractivity contribution >= 4 is 5.91 Å². The fraction of sp³-hybridized carbons (Fsp3) is 0.857. The van der Waals surface area contributed by atoms with E-state index in [1.807, 2.05) is 20.8 Å². The highest BCUT2D eigenvalue weighted by atomic mass is 16.7. The van der Waals surface area contributed by atoms with Gasteiger partial charge in [0.25, 0.3) is 0 Å². The third-order valence-electron chi connectivity index (χ3n) is 1.78. The van der Waals surface area contributed by atoms with Gasteiger partial charge in [0, 0.05) is 0 Å². The standard InChI is InChI=1S/C7H13NO2/c1-7(2,3)5-4-10-8-6(5)9/h5H,4H2,1-3H3,(H,8,9). The van der Waals surface area contributed by atoms with E-state index < -0.39 is 0 Å². The molecule has 1 fully saturated rings. The van der Waals surface area contributed by atoms with Gasteiger partial charge >= 0.3 is 0 Å². The summed E-state index contributed by atoms with van der Waals surface area (Å²) in [4.78, 5) is 15.8. The van der Waals surface area contributed by atoms with Crippen molar-refractivity contribution < 1.29 is 9.63 Å². The van der Waals surface area contributed by atoms with Gasteiger partial charge in [0.15, 0.2) is 0 Å². The third-order valence-corrected chi connectivity index (χ3v) is 1.78. The number of hydrogen-bond acceptors (Lipinski definition) is 2. The molecule has 10 heavy (non-hydrogen) atoms. The lowest BCUT2D eigenvalue weighted by Gasteiger charge is -2.22. The molecular weight excluding hydrogens is 130 g/mol. The average molecular weight is 143 g/mol. The van der Waals surface area contributed by atoms with Crippen LogP contribution >= 0.6 is 0 Å². The highest BCUT2D eigenvalue weighted by molar-refractivity contribution is 5.79. The largest absolute Gasteiger partial charge is 0.273 e. The molecule has 1 unspecified atom stereocenters. The zero-order valence-electron chi connectivity index (χ0n) is 6.60. The number of hydrogen-bond donors (Lipinski definition) is 1. The van der Waals surface area contributed by atoms with Gasteiger partial charge in [-0.2, -0.15) is 0 Å². The van der Waals surface area contributed by atoms with Gasteiger partial charge in [-0.15, -0.1) is 0 Å². The van der Waals surface area contributed by atoms with Gasteiger partial charge in [-0.05, 0) is 5.41 Å². The van der Waals surface area contributed by atoms with Crippen molar-refractivity contribution in [3.63, 3.8) is 0 Å². The van der Waals surface area contributed by atoms with Crippen molar-refractivity contribution in [2.75, 3.05) is 6.61 Å². The SMILES string of the molecule is CC(C)(C)C1CONC1=O. The van der Waals surface area contributed by atoms with Crippen LogP contribution in [0, 0.1) is 11.3 Å². The molecule has 1 amide bonds. The van der Waals surface area contributed by atoms with Crippen LogP contribution in [0.2, 0.25) is 0 Å². The van der Waals surface area contributed by atoms with E-state index in [1.165, 1.54) is 0 Å². The number of carbonyl (C=O) groups excluding carboxylic acids is 1. The maximum absolute atomic E-state index is 11.0. The van der Waals surface area contributed by atoms with Gasteiger partial charge < -0.3 is 0 Å². The fourth-order valence-corrected chi connectivity index (χ4v) is 0.986. The molecular formula is C7H13NO2. The summed E-state index contributed by atoms with van der Waals surface area (Å²) in [7, 11) is 0. The molecule has 0 saturated carbocycles. The topological polar surface area (TPSA) is 38.3 Å². The van der Waals surface area contributed by atoms with E-state index in [1.54, 1.807) is 0 Å². The Labute approximate surface area is 60.7 Å². The third kappa shape index (κ3) is 1.29. The van der Waals surface area contributed by atoms with Gasteiger partial charge in [0.2, 0.25) is 5.91 Å². The molecule has 1 aliphatic heterocycles. The average Bonchev–Trinajstić information content (AvgIpc) is 2.11. The van der Waals surface area contributed by atoms with Crippen molar-refractivity contribution in [1.82, 2.24) is 5.48 Å². The first-order chi connectivity index (χ1) is 4.52. The van der Waals surface area contributed by atoms with Gasteiger partial charge in [-0.1, -0.05) is 20.8 Å². The molecule has 1 rings (SSSR count). The summed E-state index contributed by atoms with van der Waals surface area (Å²) in [6, 6.07) is 0. The predicted molar refractivity (Wildman–Crippen MR) is 37.0 cm³/mol. The molecule has 0 aliphatic carbocycles. The summed E-state index contributed by atoms with van der Waals surface area (Å²) >= 11 is 0. The fourth-order valence-electron chi connectivity index (χ4n) is 0.986. The van der Waals surface area contributed by atoms with Crippen LogP contribution in [0.1, 0.15) is 20.8 Å². The van der Waals surface area contributed by atoms with Crippen LogP contribution in [0.25, 0.3) is 0 Å². The lowest BCUT2D eigenvalue weighted by Crippen LogP contribution is -2.29. The summed E-state index contributed by atoms with van der Waals surface area (Å²) in [6.45, 7) is 6.60. The normalized spacial score (nSPS) is 26.7. The Bertz CT molecular complexity index is 148. The molecule has 1 saturated heterocycles. The van der Waals surface area contributed by atoms with E-state index in [0.29, 0.717) is 6.61 Å². The quantitative estimate of drug-likeness (QED) is 0.542. The molecule has 3 nitrogen and oxygen atoms in total. The van der Waals surface area contributed by atoms with Gasteiger partial charge in [-0.3, -0.25) is 9.63 Å². The molecule has 0 aromatic rings. The smallest absolute Gasteiger partial charge is 0.249 e. The molecule has 0 bridgehead atoms. The van der Waals surface area contributed by atoms with Crippen molar-refractivity contribution in [3.05, 3.63) is 0 Å². The number of nitrogens with one attached hydrogen (secondary N) is 1. The van der Waals surface area contributed by atoms with Crippen LogP contribution in [0.3, 0.4) is 0 Å². The van der Waals surface area contributed by atoms with Crippen molar-refractivity contribution in [3.8, 4) is 0 Å². The Morgan fingerprint density at radius 1 is 1.60 bits per heavy atom. The number of hydroxylamine groups is 1. The molecule has 1 heterocycles. The van der Waals surface area contributed by atoms with Crippen molar-refractivity contribution in [2.45, 2.75) is 20.8 Å². The van der Waals surface area contributed by atoms with Gasteiger partial charge in [0.05, 0.1) is 12.5 Å². The minimum absolute atomic E-state index is 0.00694. The van der Waals surface area contributed by atoms with E-state index in [0.717, 1.165) is 0 Å². The van der Waals surface area contributed by atoms with E-state index >= 15 is 0 Å². The zero-order chi connectivity index (χ0) is 7.78. The molecule has 0 aromatic heterocycles. The van der Waals surface area contributed by atoms with E-state index in [4.69, 9.17) is 4.84 Å². The Morgan fingerprint density at radius 2 is 2.20 bits per heavy atom. The van der Waals surface area contributed by atoms with E-state index in [9.17, 15) is 4.79 Å². The summed E-state index contributed by atoms with van der Waals surface area (Å²) in [5.41, 5.74) is 2.35. The van der Waals surface area contributed by atoms with Crippen molar-refractivity contribution in [2.24, 2.45) is 11.3 Å². The lowest BCUT2D eigenvalue weighted by atomic mass is 9.81. The molecule has 0 aromatic carbocycles. The van der Waals surface area contributed by atoms with Crippen molar-refractivity contribution in [1.29, 1.82) is 0 Å². The summed E-state index contributed by atoms with van der Waals surface area (Å²) < 4.78 is 0. The molecule has 58 valence electrons. The predicted octanol–water partition coefficient (Wildman–Crippen LogP) is 0.710. The summed E-state index contributed by atoms with van der Waals surface area (Å²) in [5, 5.41) is 0. The Balaban J connectivity index is 2.64. The monoisotopic (exact) mass is 143 g/mol. The van der Waals surface area contributed by atoms with Crippen LogP contribution in [0.4, 0.5) is 0 Å². The summed E-state index contributed by atoms with van der Waals surface area (Å²) in [5.74, 6) is 0.0139. The second kappa shape index (κ2) is 2.23. The molecule has 0 spiro atoms. The second-order valence-corrected chi connectivity index (χ2v) is 3.70. The summed E-state index contributed by atoms with van der Waals surface area (Å²) in [6.07, 6.45) is 0. The number of amides is 1. The molecule has 0 radical (unpaired) electrons. The highest BCUT2D eigenvalue weighted by Crippen LogP contribution is 2.28. The minimum atomic E-state index is 0.00694.